The van der Waals surface area contributed by atoms with E-state index >= 15 is 0 Å². The Morgan fingerprint density at radius 1 is 1.06 bits per heavy atom. The van der Waals surface area contributed by atoms with E-state index in [0.29, 0.717) is 19.2 Å². The number of morpholine rings is 1. The number of methoxy groups -OCH3 is 1. The third-order valence-electron chi connectivity index (χ3n) is 6.15. The van der Waals surface area contributed by atoms with E-state index in [0.717, 1.165) is 68.0 Å². The predicted molar refractivity (Wildman–Crippen MR) is 126 cm³/mol. The highest BCUT2D eigenvalue weighted by Gasteiger charge is 2.30. The van der Waals surface area contributed by atoms with Crippen LogP contribution in [0, 0.1) is 0 Å². The van der Waals surface area contributed by atoms with Gasteiger partial charge in [0.1, 0.15) is 6.61 Å². The molecule has 7 heteroatoms. The fourth-order valence-corrected chi connectivity index (χ4v) is 4.36. The van der Waals surface area contributed by atoms with Gasteiger partial charge in [0.2, 0.25) is 0 Å². The van der Waals surface area contributed by atoms with E-state index in [9.17, 15) is 0 Å². The van der Waals surface area contributed by atoms with E-state index < -0.39 is 0 Å². The number of rotatable bonds is 7. The molecule has 2 fully saturated rings. The summed E-state index contributed by atoms with van der Waals surface area (Å²) in [6, 6.07) is 16.8. The maximum absolute atomic E-state index is 5.98. The van der Waals surface area contributed by atoms with Crippen molar-refractivity contribution < 1.29 is 14.2 Å². The SMILES string of the molecule is CN=C(NCc1ccc(OCc2ccccc2)c(OC)c1)N1CCC(N2CCOCC2)C1. The topological polar surface area (TPSA) is 58.6 Å². The standard InChI is InChI=1S/C25H34N4O3/c1-26-25(29-11-10-22(18-29)28-12-14-31-15-13-28)27-17-21-8-9-23(24(16-21)30-2)32-19-20-6-4-3-5-7-20/h3-9,16,22H,10-15,17-19H2,1-2H3,(H,26,27). The number of nitrogens with one attached hydrogen (secondary N) is 1. The number of guanidine groups is 1. The number of aliphatic imine (C=N–C) groups is 1. The van der Waals surface area contributed by atoms with Crippen LogP contribution < -0.4 is 14.8 Å². The predicted octanol–water partition coefficient (Wildman–Crippen LogP) is 2.76. The second kappa shape index (κ2) is 11.2. The molecule has 0 aliphatic carbocycles. The molecule has 2 aliphatic rings. The molecule has 0 amide bonds. The first-order chi connectivity index (χ1) is 15.8. The zero-order chi connectivity index (χ0) is 22.2. The van der Waals surface area contributed by atoms with Gasteiger partial charge in [-0.25, -0.2) is 0 Å². The minimum atomic E-state index is 0.515. The number of likely N-dealkylation sites (tertiary alicyclic amines) is 1. The van der Waals surface area contributed by atoms with Crippen LogP contribution in [-0.4, -0.2) is 75.4 Å². The van der Waals surface area contributed by atoms with Gasteiger partial charge in [-0.15, -0.1) is 0 Å². The molecule has 1 unspecified atom stereocenters. The summed E-state index contributed by atoms with van der Waals surface area (Å²) in [4.78, 5) is 9.43. The van der Waals surface area contributed by atoms with Crippen LogP contribution >= 0.6 is 0 Å². The van der Waals surface area contributed by atoms with Gasteiger partial charge in [-0.3, -0.25) is 9.89 Å². The average molecular weight is 439 g/mol. The molecule has 32 heavy (non-hydrogen) atoms. The summed E-state index contributed by atoms with van der Waals surface area (Å²) in [5.41, 5.74) is 2.25. The molecular formula is C25H34N4O3. The first-order valence-corrected chi connectivity index (χ1v) is 11.4. The fraction of sp³-hybridized carbons (Fsp3) is 0.480. The maximum atomic E-state index is 5.98. The molecule has 4 rings (SSSR count). The zero-order valence-electron chi connectivity index (χ0n) is 19.1. The molecule has 7 nitrogen and oxygen atoms in total. The molecule has 0 bridgehead atoms. The van der Waals surface area contributed by atoms with Crippen LogP contribution in [0.2, 0.25) is 0 Å². The second-order valence-electron chi connectivity index (χ2n) is 8.20. The van der Waals surface area contributed by atoms with Gasteiger partial charge in [-0.2, -0.15) is 0 Å². The van der Waals surface area contributed by atoms with E-state index in [1.807, 2.05) is 37.4 Å². The molecule has 2 heterocycles. The van der Waals surface area contributed by atoms with Crippen LogP contribution in [0.3, 0.4) is 0 Å². The lowest BCUT2D eigenvalue weighted by atomic mass is 10.2. The van der Waals surface area contributed by atoms with Crippen LogP contribution in [0.25, 0.3) is 0 Å². The Balaban J connectivity index is 1.31. The average Bonchev–Trinajstić information content (AvgIpc) is 3.35. The van der Waals surface area contributed by atoms with Crippen molar-refractivity contribution in [2.75, 3.05) is 53.6 Å². The Kier molecular flexibility index (Phi) is 7.85. The molecule has 1 atom stereocenters. The van der Waals surface area contributed by atoms with Gasteiger partial charge in [0, 0.05) is 45.8 Å². The van der Waals surface area contributed by atoms with Gasteiger partial charge in [-0.05, 0) is 29.7 Å². The van der Waals surface area contributed by atoms with Crippen molar-refractivity contribution in [2.45, 2.75) is 25.6 Å². The van der Waals surface area contributed by atoms with Crippen molar-refractivity contribution >= 4 is 5.96 Å². The molecule has 1 N–H and O–H groups in total. The largest absolute Gasteiger partial charge is 0.493 e. The molecule has 2 saturated heterocycles. The summed E-state index contributed by atoms with van der Waals surface area (Å²) in [5, 5.41) is 3.52. The van der Waals surface area contributed by atoms with E-state index in [4.69, 9.17) is 14.2 Å². The van der Waals surface area contributed by atoms with E-state index in [2.05, 4.69) is 38.3 Å². The lowest BCUT2D eigenvalue weighted by Gasteiger charge is -2.32. The zero-order valence-corrected chi connectivity index (χ0v) is 19.1. The quantitative estimate of drug-likeness (QED) is 0.530. The molecule has 0 radical (unpaired) electrons. The molecule has 0 aromatic heterocycles. The Labute approximate surface area is 191 Å². The number of benzene rings is 2. The van der Waals surface area contributed by atoms with Crippen LogP contribution in [0.5, 0.6) is 11.5 Å². The summed E-state index contributed by atoms with van der Waals surface area (Å²) in [6.45, 7) is 6.98. The summed E-state index contributed by atoms with van der Waals surface area (Å²) in [7, 11) is 3.53. The Morgan fingerprint density at radius 2 is 1.88 bits per heavy atom. The van der Waals surface area contributed by atoms with Gasteiger partial charge >= 0.3 is 0 Å². The van der Waals surface area contributed by atoms with Gasteiger partial charge in [0.15, 0.2) is 17.5 Å². The molecule has 0 spiro atoms. The fourth-order valence-electron chi connectivity index (χ4n) is 4.36. The molecule has 172 valence electrons. The van der Waals surface area contributed by atoms with Crippen molar-refractivity contribution in [2.24, 2.45) is 4.99 Å². The van der Waals surface area contributed by atoms with E-state index in [1.165, 1.54) is 6.42 Å². The minimum absolute atomic E-state index is 0.515. The summed E-state index contributed by atoms with van der Waals surface area (Å²) in [6.07, 6.45) is 1.17. The lowest BCUT2D eigenvalue weighted by Crippen LogP contribution is -2.46. The van der Waals surface area contributed by atoms with Gasteiger partial charge in [0.25, 0.3) is 0 Å². The number of ether oxygens (including phenoxy) is 3. The van der Waals surface area contributed by atoms with Crippen LogP contribution in [0.15, 0.2) is 53.5 Å². The summed E-state index contributed by atoms with van der Waals surface area (Å²) >= 11 is 0. The first kappa shape index (κ1) is 22.4. The molecule has 2 aromatic rings. The highest BCUT2D eigenvalue weighted by atomic mass is 16.5. The highest BCUT2D eigenvalue weighted by Crippen LogP contribution is 2.29. The van der Waals surface area contributed by atoms with Gasteiger partial charge in [0.05, 0.1) is 20.3 Å². The highest BCUT2D eigenvalue weighted by molar-refractivity contribution is 5.80. The Bertz CT molecular complexity index is 884. The summed E-state index contributed by atoms with van der Waals surface area (Å²) < 4.78 is 17.1. The summed E-state index contributed by atoms with van der Waals surface area (Å²) in [5.74, 6) is 2.44. The monoisotopic (exact) mass is 438 g/mol. The van der Waals surface area contributed by atoms with E-state index in [-0.39, 0.29) is 0 Å². The number of hydrogen-bond donors (Lipinski definition) is 1. The number of nitrogens with zero attached hydrogens (tertiary/aromatic N) is 3. The molecule has 2 aliphatic heterocycles. The van der Waals surface area contributed by atoms with Crippen molar-refractivity contribution in [1.29, 1.82) is 0 Å². The lowest BCUT2D eigenvalue weighted by molar-refractivity contribution is 0.0195. The van der Waals surface area contributed by atoms with Crippen LogP contribution in [-0.2, 0) is 17.9 Å². The molecule has 2 aromatic carbocycles. The maximum Gasteiger partial charge on any atom is 0.193 e. The van der Waals surface area contributed by atoms with Gasteiger partial charge < -0.3 is 24.4 Å². The third-order valence-corrected chi connectivity index (χ3v) is 6.15. The molecule has 0 saturated carbocycles. The van der Waals surface area contributed by atoms with Crippen LogP contribution in [0.4, 0.5) is 0 Å². The van der Waals surface area contributed by atoms with Crippen molar-refractivity contribution in [1.82, 2.24) is 15.1 Å². The van der Waals surface area contributed by atoms with Crippen LogP contribution in [0.1, 0.15) is 17.5 Å². The number of hydrogen-bond acceptors (Lipinski definition) is 5. The van der Waals surface area contributed by atoms with Crippen molar-refractivity contribution in [3.8, 4) is 11.5 Å². The van der Waals surface area contributed by atoms with Crippen molar-refractivity contribution in [3.63, 3.8) is 0 Å². The first-order valence-electron chi connectivity index (χ1n) is 11.4. The van der Waals surface area contributed by atoms with E-state index in [1.54, 1.807) is 7.11 Å². The second-order valence-corrected chi connectivity index (χ2v) is 8.20. The smallest absolute Gasteiger partial charge is 0.193 e. The van der Waals surface area contributed by atoms with Crippen molar-refractivity contribution in [3.05, 3.63) is 59.7 Å². The Hall–Kier alpha value is -2.77. The normalized spacial score (nSPS) is 19.8. The molecular weight excluding hydrogens is 404 g/mol. The third kappa shape index (κ3) is 5.72. The van der Waals surface area contributed by atoms with Gasteiger partial charge in [-0.1, -0.05) is 36.4 Å². The minimum Gasteiger partial charge on any atom is -0.493 e. The Morgan fingerprint density at radius 3 is 2.62 bits per heavy atom.